The second-order valence-electron chi connectivity index (χ2n) is 3.87. The van der Waals surface area contributed by atoms with Gasteiger partial charge in [0.1, 0.15) is 0 Å². The first-order chi connectivity index (χ1) is 5.83. The van der Waals surface area contributed by atoms with Crippen molar-refractivity contribution in [2.45, 2.75) is 24.6 Å². The van der Waals surface area contributed by atoms with Gasteiger partial charge < -0.3 is 10.6 Å². The summed E-state index contributed by atoms with van der Waals surface area (Å²) < 4.78 is 0. The molecule has 70 valence electrons. The Morgan fingerprint density at radius 2 is 2.33 bits per heavy atom. The molecule has 0 amide bonds. The van der Waals surface area contributed by atoms with Crippen LogP contribution >= 0.6 is 11.8 Å². The van der Waals surface area contributed by atoms with E-state index >= 15 is 0 Å². The Hall–Kier alpha value is 0.270. The van der Waals surface area contributed by atoms with E-state index in [1.165, 1.54) is 38.2 Å². The maximum Gasteiger partial charge on any atom is 0.0695 e. The molecule has 3 heteroatoms. The van der Waals surface area contributed by atoms with Crippen molar-refractivity contribution in [2.24, 2.45) is 5.92 Å². The number of rotatable bonds is 0. The Bertz CT molecular complexity index is 146. The SMILES string of the molecule is CC1CNCCC12NCCCS2. The van der Waals surface area contributed by atoms with Crippen molar-refractivity contribution >= 4 is 11.8 Å². The third kappa shape index (κ3) is 1.50. The van der Waals surface area contributed by atoms with Gasteiger partial charge in [-0.05, 0) is 37.6 Å². The predicted molar refractivity (Wildman–Crippen MR) is 54.5 cm³/mol. The van der Waals surface area contributed by atoms with Crippen LogP contribution < -0.4 is 10.6 Å². The molecule has 2 atom stereocenters. The van der Waals surface area contributed by atoms with Crippen LogP contribution in [0.4, 0.5) is 0 Å². The molecule has 0 bridgehead atoms. The lowest BCUT2D eigenvalue weighted by atomic mass is 9.94. The smallest absolute Gasteiger partial charge is 0.0695 e. The second-order valence-corrected chi connectivity index (χ2v) is 5.30. The first-order valence-electron chi connectivity index (χ1n) is 4.93. The van der Waals surface area contributed by atoms with E-state index in [9.17, 15) is 0 Å². The minimum absolute atomic E-state index is 0.420. The summed E-state index contributed by atoms with van der Waals surface area (Å²) in [6, 6.07) is 0. The van der Waals surface area contributed by atoms with Crippen LogP contribution in [0.1, 0.15) is 19.8 Å². The third-order valence-corrected chi connectivity index (χ3v) is 4.78. The Morgan fingerprint density at radius 1 is 1.42 bits per heavy atom. The first-order valence-corrected chi connectivity index (χ1v) is 5.92. The number of hydrogen-bond donors (Lipinski definition) is 2. The van der Waals surface area contributed by atoms with Crippen LogP contribution in [-0.4, -0.2) is 30.3 Å². The van der Waals surface area contributed by atoms with Crippen LogP contribution in [0, 0.1) is 5.92 Å². The monoisotopic (exact) mass is 186 g/mol. The van der Waals surface area contributed by atoms with E-state index in [0.717, 1.165) is 5.92 Å². The normalized spacial score (nSPS) is 43.2. The standard InChI is InChI=1S/C9H18N2S/c1-8-7-10-5-3-9(8)11-4-2-6-12-9/h8,10-11H,2-7H2,1H3. The lowest BCUT2D eigenvalue weighted by Gasteiger charge is -2.45. The molecule has 0 radical (unpaired) electrons. The Balaban J connectivity index is 2.04. The molecular formula is C9H18N2S. The van der Waals surface area contributed by atoms with Gasteiger partial charge in [0.2, 0.25) is 0 Å². The largest absolute Gasteiger partial charge is 0.316 e. The fourth-order valence-corrected chi connectivity index (χ4v) is 3.63. The average Bonchev–Trinajstić information content (AvgIpc) is 2.12. The molecule has 2 nitrogen and oxygen atoms in total. The molecule has 2 aliphatic heterocycles. The Morgan fingerprint density at radius 3 is 3.00 bits per heavy atom. The summed E-state index contributed by atoms with van der Waals surface area (Å²) in [6.45, 7) is 5.94. The lowest BCUT2D eigenvalue weighted by Crippen LogP contribution is -2.57. The highest BCUT2D eigenvalue weighted by Gasteiger charge is 2.39. The van der Waals surface area contributed by atoms with Gasteiger partial charge in [-0.15, -0.1) is 11.8 Å². The molecule has 2 aliphatic rings. The van der Waals surface area contributed by atoms with Crippen molar-refractivity contribution in [3.05, 3.63) is 0 Å². The molecule has 2 fully saturated rings. The zero-order chi connectivity index (χ0) is 8.44. The van der Waals surface area contributed by atoms with E-state index < -0.39 is 0 Å². The van der Waals surface area contributed by atoms with Gasteiger partial charge in [0, 0.05) is 6.54 Å². The highest BCUT2D eigenvalue weighted by atomic mass is 32.2. The molecule has 0 aromatic carbocycles. The minimum Gasteiger partial charge on any atom is -0.316 e. The van der Waals surface area contributed by atoms with E-state index in [0.29, 0.717) is 4.87 Å². The Labute approximate surface area is 78.9 Å². The summed E-state index contributed by atoms with van der Waals surface area (Å²) in [4.78, 5) is 0.420. The van der Waals surface area contributed by atoms with E-state index in [1.807, 2.05) is 0 Å². The van der Waals surface area contributed by atoms with Gasteiger partial charge in [-0.2, -0.15) is 0 Å². The van der Waals surface area contributed by atoms with Crippen molar-refractivity contribution in [2.75, 3.05) is 25.4 Å². The van der Waals surface area contributed by atoms with E-state index in [2.05, 4.69) is 29.3 Å². The molecule has 2 unspecified atom stereocenters. The van der Waals surface area contributed by atoms with Crippen LogP contribution in [-0.2, 0) is 0 Å². The summed E-state index contributed by atoms with van der Waals surface area (Å²) >= 11 is 2.14. The lowest BCUT2D eigenvalue weighted by molar-refractivity contribution is 0.259. The molecule has 0 aliphatic carbocycles. The van der Waals surface area contributed by atoms with Crippen molar-refractivity contribution < 1.29 is 0 Å². The fourth-order valence-electron chi connectivity index (χ4n) is 2.16. The van der Waals surface area contributed by atoms with E-state index in [-0.39, 0.29) is 0 Å². The van der Waals surface area contributed by atoms with Gasteiger partial charge in [0.25, 0.3) is 0 Å². The van der Waals surface area contributed by atoms with Gasteiger partial charge in [0.15, 0.2) is 0 Å². The third-order valence-electron chi connectivity index (χ3n) is 3.02. The van der Waals surface area contributed by atoms with E-state index in [4.69, 9.17) is 0 Å². The van der Waals surface area contributed by atoms with Crippen LogP contribution in [0.5, 0.6) is 0 Å². The number of nitrogens with one attached hydrogen (secondary N) is 2. The molecule has 0 saturated carbocycles. The molecular weight excluding hydrogens is 168 g/mol. The molecule has 1 spiro atoms. The number of piperidine rings is 1. The van der Waals surface area contributed by atoms with Crippen LogP contribution in [0.3, 0.4) is 0 Å². The molecule has 0 aromatic heterocycles. The fraction of sp³-hybridized carbons (Fsp3) is 1.00. The number of hydrogen-bond acceptors (Lipinski definition) is 3. The van der Waals surface area contributed by atoms with Crippen molar-refractivity contribution in [1.82, 2.24) is 10.6 Å². The van der Waals surface area contributed by atoms with Gasteiger partial charge >= 0.3 is 0 Å². The van der Waals surface area contributed by atoms with Gasteiger partial charge in [0.05, 0.1) is 4.87 Å². The second kappa shape index (κ2) is 3.56. The molecule has 2 heterocycles. The van der Waals surface area contributed by atoms with Crippen molar-refractivity contribution in [3.63, 3.8) is 0 Å². The predicted octanol–water partition coefficient (Wildman–Crippen LogP) is 1.04. The first kappa shape index (κ1) is 8.85. The van der Waals surface area contributed by atoms with Gasteiger partial charge in [-0.1, -0.05) is 6.92 Å². The molecule has 12 heavy (non-hydrogen) atoms. The number of thioether (sulfide) groups is 1. The highest BCUT2D eigenvalue weighted by molar-refractivity contribution is 8.00. The summed E-state index contributed by atoms with van der Waals surface area (Å²) in [5, 5.41) is 7.16. The molecule has 2 N–H and O–H groups in total. The van der Waals surface area contributed by atoms with Crippen LogP contribution in [0.25, 0.3) is 0 Å². The minimum atomic E-state index is 0.420. The Kier molecular flexibility index (Phi) is 2.63. The molecule has 2 saturated heterocycles. The van der Waals surface area contributed by atoms with Crippen LogP contribution in [0.15, 0.2) is 0 Å². The highest BCUT2D eigenvalue weighted by Crippen LogP contribution is 2.37. The zero-order valence-corrected chi connectivity index (χ0v) is 8.54. The summed E-state index contributed by atoms with van der Waals surface area (Å²) in [7, 11) is 0. The molecule has 0 aromatic rings. The topological polar surface area (TPSA) is 24.1 Å². The molecule has 2 rings (SSSR count). The van der Waals surface area contributed by atoms with Crippen LogP contribution in [0.2, 0.25) is 0 Å². The quantitative estimate of drug-likeness (QED) is 0.591. The summed E-state index contributed by atoms with van der Waals surface area (Å²) in [5.41, 5.74) is 0. The van der Waals surface area contributed by atoms with Gasteiger partial charge in [-0.3, -0.25) is 0 Å². The van der Waals surface area contributed by atoms with E-state index in [1.54, 1.807) is 0 Å². The van der Waals surface area contributed by atoms with Gasteiger partial charge in [-0.25, -0.2) is 0 Å². The van der Waals surface area contributed by atoms with Crippen molar-refractivity contribution in [3.8, 4) is 0 Å². The summed E-state index contributed by atoms with van der Waals surface area (Å²) in [5.74, 6) is 2.12. The van der Waals surface area contributed by atoms with Crippen molar-refractivity contribution in [1.29, 1.82) is 0 Å². The summed E-state index contributed by atoms with van der Waals surface area (Å²) in [6.07, 6.45) is 2.63. The maximum atomic E-state index is 3.71. The average molecular weight is 186 g/mol. The maximum absolute atomic E-state index is 3.71. The zero-order valence-electron chi connectivity index (χ0n) is 7.73.